The summed E-state index contributed by atoms with van der Waals surface area (Å²) in [5.74, 6) is 2.30. The molecule has 2 aromatic heterocycles. The summed E-state index contributed by atoms with van der Waals surface area (Å²) in [5, 5.41) is 13.6. The van der Waals surface area contributed by atoms with Crippen molar-refractivity contribution >= 4 is 29.4 Å². The Morgan fingerprint density at radius 2 is 1.74 bits per heavy atom. The van der Waals surface area contributed by atoms with Gasteiger partial charge in [-0.15, -0.1) is 10.2 Å². The van der Waals surface area contributed by atoms with Gasteiger partial charge in [0.1, 0.15) is 5.82 Å². The van der Waals surface area contributed by atoms with Crippen molar-refractivity contribution < 1.29 is 4.79 Å². The molecule has 1 aliphatic carbocycles. The molecule has 1 saturated carbocycles. The molecule has 1 aromatic carbocycles. The van der Waals surface area contributed by atoms with E-state index in [1.54, 1.807) is 11.8 Å². The van der Waals surface area contributed by atoms with E-state index in [-0.39, 0.29) is 11.9 Å². The maximum atomic E-state index is 12.7. The third kappa shape index (κ3) is 6.39. The molecule has 180 valence electrons. The molecule has 0 unspecified atom stereocenters. The van der Waals surface area contributed by atoms with Crippen LogP contribution in [0.2, 0.25) is 0 Å². The summed E-state index contributed by atoms with van der Waals surface area (Å²) in [4.78, 5) is 21.7. The minimum absolute atomic E-state index is 0.0572. The van der Waals surface area contributed by atoms with Crippen molar-refractivity contribution in [3.8, 4) is 5.69 Å². The molecule has 1 fully saturated rings. The number of nitrogens with zero attached hydrogens (tertiary/aromatic N) is 5. The molecule has 1 N–H and O–H groups in total. The highest BCUT2D eigenvalue weighted by Crippen LogP contribution is 2.27. The zero-order chi connectivity index (χ0) is 24.1. The zero-order valence-electron chi connectivity index (χ0n) is 20.2. The Balaban J connectivity index is 1.49. The Morgan fingerprint density at radius 3 is 2.44 bits per heavy atom. The van der Waals surface area contributed by atoms with E-state index in [9.17, 15) is 4.79 Å². The highest BCUT2D eigenvalue weighted by Gasteiger charge is 2.23. The third-order valence-electron chi connectivity index (χ3n) is 6.07. The normalized spacial score (nSPS) is 18.1. The van der Waals surface area contributed by atoms with Crippen LogP contribution in [0.5, 0.6) is 0 Å². The fourth-order valence-electron chi connectivity index (χ4n) is 4.24. The molecular formula is C25H32N6OS2. The topological polar surface area (TPSA) is 85.6 Å². The maximum Gasteiger partial charge on any atom is 0.230 e. The summed E-state index contributed by atoms with van der Waals surface area (Å²) >= 11 is 2.97. The largest absolute Gasteiger partial charge is 0.352 e. The van der Waals surface area contributed by atoms with Crippen LogP contribution in [-0.4, -0.2) is 42.4 Å². The van der Waals surface area contributed by atoms with E-state index in [1.807, 2.05) is 24.5 Å². The monoisotopic (exact) mass is 496 g/mol. The first kappa shape index (κ1) is 24.7. The first-order valence-electron chi connectivity index (χ1n) is 11.8. The Bertz CT molecular complexity index is 1110. The second kappa shape index (κ2) is 11.4. The van der Waals surface area contributed by atoms with E-state index in [2.05, 4.69) is 63.6 Å². The molecule has 0 bridgehead atoms. The summed E-state index contributed by atoms with van der Waals surface area (Å²) in [5.41, 5.74) is 4.07. The molecule has 7 nitrogen and oxygen atoms in total. The third-order valence-corrected chi connectivity index (χ3v) is 7.85. The predicted octanol–water partition coefficient (Wildman–Crippen LogP) is 5.06. The number of hydrogen-bond acceptors (Lipinski definition) is 7. The first-order valence-corrected chi connectivity index (χ1v) is 13.7. The molecule has 0 radical (unpaired) electrons. The van der Waals surface area contributed by atoms with Crippen LogP contribution in [0.1, 0.15) is 55.4 Å². The van der Waals surface area contributed by atoms with Crippen molar-refractivity contribution in [3.63, 3.8) is 0 Å². The lowest BCUT2D eigenvalue weighted by molar-refractivity contribution is -0.119. The molecule has 0 saturated heterocycles. The van der Waals surface area contributed by atoms with Gasteiger partial charge in [-0.1, -0.05) is 61.0 Å². The Labute approximate surface area is 210 Å². The molecule has 34 heavy (non-hydrogen) atoms. The standard InChI is InChI=1S/C25H32N6OS2/c1-16-9-11-20(12-10-16)31-22(14-33-24-26-18(3)13-19(4)27-24)29-30-25(31)34-15-23(32)28-21-8-6-5-7-17(21)2/h9-13,17,21H,5-8,14-15H2,1-4H3,(H,28,32)/t17-,21-/m1/s1. The van der Waals surface area contributed by atoms with Crippen molar-refractivity contribution in [3.05, 3.63) is 53.1 Å². The number of carbonyl (C=O) groups excluding carboxylic acids is 1. The van der Waals surface area contributed by atoms with Gasteiger partial charge in [0.05, 0.1) is 11.5 Å². The summed E-state index contributed by atoms with van der Waals surface area (Å²) < 4.78 is 2.04. The van der Waals surface area contributed by atoms with Crippen molar-refractivity contribution in [2.75, 3.05) is 5.75 Å². The lowest BCUT2D eigenvalue weighted by atomic mass is 9.86. The quantitative estimate of drug-likeness (QED) is 0.344. The van der Waals surface area contributed by atoms with Crippen LogP contribution in [0.4, 0.5) is 0 Å². The highest BCUT2D eigenvalue weighted by molar-refractivity contribution is 7.99. The van der Waals surface area contributed by atoms with Crippen molar-refractivity contribution in [1.82, 2.24) is 30.0 Å². The first-order chi connectivity index (χ1) is 16.4. The van der Waals surface area contributed by atoms with E-state index in [0.717, 1.165) is 34.5 Å². The molecule has 3 aromatic rings. The number of aryl methyl sites for hydroxylation is 3. The Morgan fingerprint density at radius 1 is 1.03 bits per heavy atom. The van der Waals surface area contributed by atoms with E-state index in [0.29, 0.717) is 22.6 Å². The molecule has 0 aliphatic heterocycles. The number of thioether (sulfide) groups is 2. The number of hydrogen-bond donors (Lipinski definition) is 1. The highest BCUT2D eigenvalue weighted by atomic mass is 32.2. The summed E-state index contributed by atoms with van der Waals surface area (Å²) in [6.45, 7) is 8.24. The SMILES string of the molecule is Cc1ccc(-n2c(CSc3nc(C)cc(C)n3)nnc2SCC(=O)N[C@@H]2CCCC[C@H]2C)cc1. The van der Waals surface area contributed by atoms with Crippen LogP contribution < -0.4 is 5.32 Å². The van der Waals surface area contributed by atoms with Crippen LogP contribution in [0.25, 0.3) is 5.69 Å². The van der Waals surface area contributed by atoms with Gasteiger partial charge in [0.2, 0.25) is 5.91 Å². The van der Waals surface area contributed by atoms with E-state index < -0.39 is 0 Å². The summed E-state index contributed by atoms with van der Waals surface area (Å²) in [7, 11) is 0. The second-order valence-corrected chi connectivity index (χ2v) is 10.9. The van der Waals surface area contributed by atoms with E-state index in [1.165, 1.54) is 36.6 Å². The smallest absolute Gasteiger partial charge is 0.230 e. The Kier molecular flexibility index (Phi) is 8.26. The number of amides is 1. The van der Waals surface area contributed by atoms with Gasteiger partial charge in [0.15, 0.2) is 10.3 Å². The molecule has 9 heteroatoms. The lowest BCUT2D eigenvalue weighted by Gasteiger charge is -2.29. The van der Waals surface area contributed by atoms with E-state index >= 15 is 0 Å². The van der Waals surface area contributed by atoms with Crippen LogP contribution >= 0.6 is 23.5 Å². The van der Waals surface area contributed by atoms with Crippen molar-refractivity contribution in [1.29, 1.82) is 0 Å². The molecule has 1 aliphatic rings. The fraction of sp³-hybridized carbons (Fsp3) is 0.480. The van der Waals surface area contributed by atoms with Gasteiger partial charge in [-0.05, 0) is 57.7 Å². The maximum absolute atomic E-state index is 12.7. The van der Waals surface area contributed by atoms with Gasteiger partial charge in [0, 0.05) is 23.1 Å². The molecule has 0 spiro atoms. The van der Waals surface area contributed by atoms with Crippen LogP contribution in [-0.2, 0) is 10.5 Å². The summed E-state index contributed by atoms with van der Waals surface area (Å²) in [6, 6.07) is 10.5. The second-order valence-electron chi connectivity index (χ2n) is 9.02. The molecule has 4 rings (SSSR count). The number of nitrogens with one attached hydrogen (secondary N) is 1. The van der Waals surface area contributed by atoms with E-state index in [4.69, 9.17) is 0 Å². The lowest BCUT2D eigenvalue weighted by Crippen LogP contribution is -2.41. The fourth-order valence-corrected chi connectivity index (χ4v) is 5.88. The number of carbonyl (C=O) groups is 1. The minimum Gasteiger partial charge on any atom is -0.352 e. The zero-order valence-corrected chi connectivity index (χ0v) is 21.9. The average Bonchev–Trinajstić information content (AvgIpc) is 3.20. The van der Waals surface area contributed by atoms with Crippen molar-refractivity contribution in [2.45, 2.75) is 75.5 Å². The molecule has 1 amide bonds. The number of benzene rings is 1. The molecular weight excluding hydrogens is 464 g/mol. The Hall–Kier alpha value is -2.39. The van der Waals surface area contributed by atoms with Gasteiger partial charge < -0.3 is 5.32 Å². The molecule has 2 atom stereocenters. The van der Waals surface area contributed by atoms with Crippen LogP contribution in [0.15, 0.2) is 40.6 Å². The van der Waals surface area contributed by atoms with Gasteiger partial charge in [-0.2, -0.15) is 0 Å². The van der Waals surface area contributed by atoms with Crippen LogP contribution in [0, 0.1) is 26.7 Å². The number of rotatable bonds is 8. The van der Waals surface area contributed by atoms with Crippen LogP contribution in [0.3, 0.4) is 0 Å². The van der Waals surface area contributed by atoms with Gasteiger partial charge in [-0.3, -0.25) is 9.36 Å². The average molecular weight is 497 g/mol. The number of aromatic nitrogens is 5. The van der Waals surface area contributed by atoms with Crippen molar-refractivity contribution in [2.24, 2.45) is 5.92 Å². The van der Waals surface area contributed by atoms with Gasteiger partial charge in [0.25, 0.3) is 0 Å². The summed E-state index contributed by atoms with van der Waals surface area (Å²) in [6.07, 6.45) is 4.70. The minimum atomic E-state index is 0.0572. The molecule has 2 heterocycles. The van der Waals surface area contributed by atoms with Gasteiger partial charge in [-0.25, -0.2) is 9.97 Å². The van der Waals surface area contributed by atoms with Gasteiger partial charge >= 0.3 is 0 Å². The predicted molar refractivity (Wildman–Crippen MR) is 137 cm³/mol.